The maximum atomic E-state index is 5.98. The molecule has 1 aliphatic rings. The summed E-state index contributed by atoms with van der Waals surface area (Å²) in [4.78, 5) is 7.14. The van der Waals surface area contributed by atoms with Crippen molar-refractivity contribution in [3.05, 3.63) is 12.1 Å². The summed E-state index contributed by atoms with van der Waals surface area (Å²) in [6, 6.07) is 3.98. The Morgan fingerprint density at radius 1 is 1.21 bits per heavy atom. The van der Waals surface area contributed by atoms with Crippen molar-refractivity contribution < 1.29 is 9.47 Å². The fourth-order valence-corrected chi connectivity index (χ4v) is 3.26. The summed E-state index contributed by atoms with van der Waals surface area (Å²) < 4.78 is 13.5. The fourth-order valence-electron chi connectivity index (χ4n) is 3.26. The molecule has 6 heteroatoms. The number of hydrogen-bond acceptors (Lipinski definition) is 5. The molecule has 0 atom stereocenters. The van der Waals surface area contributed by atoms with Crippen LogP contribution in [-0.4, -0.2) is 54.3 Å². The lowest BCUT2D eigenvalue weighted by molar-refractivity contribution is 0.254. The Kier molecular flexibility index (Phi) is 5.45. The van der Waals surface area contributed by atoms with E-state index in [4.69, 9.17) is 9.47 Å². The third-order valence-corrected chi connectivity index (χ3v) is 4.58. The summed E-state index contributed by atoms with van der Waals surface area (Å²) in [6.45, 7) is 7.18. The molecule has 1 aromatic heterocycles. The molecule has 0 saturated carbocycles. The quantitative estimate of drug-likeness (QED) is 0.753. The molecule has 3 rings (SSSR count). The number of hydrogen-bond donors (Lipinski definition) is 1. The van der Waals surface area contributed by atoms with E-state index in [9.17, 15) is 0 Å². The van der Waals surface area contributed by atoms with Crippen LogP contribution < -0.4 is 14.8 Å². The highest BCUT2D eigenvalue weighted by molar-refractivity contribution is 5.82. The van der Waals surface area contributed by atoms with Gasteiger partial charge in [-0.3, -0.25) is 0 Å². The summed E-state index contributed by atoms with van der Waals surface area (Å²) in [6.07, 6.45) is 3.70. The summed E-state index contributed by atoms with van der Waals surface area (Å²) in [7, 11) is 3.68. The second-order valence-electron chi connectivity index (χ2n) is 6.27. The molecule has 6 nitrogen and oxygen atoms in total. The lowest BCUT2D eigenvalue weighted by Crippen LogP contribution is -2.21. The van der Waals surface area contributed by atoms with Crippen LogP contribution in [0.15, 0.2) is 12.1 Å². The van der Waals surface area contributed by atoms with Crippen molar-refractivity contribution in [3.63, 3.8) is 0 Å². The lowest BCUT2D eigenvalue weighted by Gasteiger charge is -2.15. The topological polar surface area (TPSA) is 51.6 Å². The van der Waals surface area contributed by atoms with E-state index in [0.29, 0.717) is 6.61 Å². The number of likely N-dealkylation sites (tertiary alicyclic amines) is 1. The summed E-state index contributed by atoms with van der Waals surface area (Å²) in [5, 5.41) is 3.27. The molecule has 0 spiro atoms. The average Bonchev–Trinajstić information content (AvgIpc) is 3.20. The molecule has 1 N–H and O–H groups in total. The third-order valence-electron chi connectivity index (χ3n) is 4.58. The number of fused-ring (bicyclic) bond motifs is 1. The molecule has 1 aromatic carbocycles. The highest BCUT2D eigenvalue weighted by Crippen LogP contribution is 2.33. The molecule has 0 unspecified atom stereocenters. The van der Waals surface area contributed by atoms with Gasteiger partial charge < -0.3 is 24.3 Å². The second kappa shape index (κ2) is 7.75. The van der Waals surface area contributed by atoms with Crippen LogP contribution in [0.25, 0.3) is 11.0 Å². The minimum atomic E-state index is 0.700. The van der Waals surface area contributed by atoms with E-state index < -0.39 is 0 Å². The summed E-state index contributed by atoms with van der Waals surface area (Å²) in [5.41, 5.74) is 1.95. The molecule has 1 aliphatic heterocycles. The van der Waals surface area contributed by atoms with Gasteiger partial charge in [-0.25, -0.2) is 4.98 Å². The van der Waals surface area contributed by atoms with E-state index in [1.807, 2.05) is 23.7 Å². The van der Waals surface area contributed by atoms with E-state index in [1.165, 1.54) is 25.9 Å². The first-order chi connectivity index (χ1) is 11.7. The van der Waals surface area contributed by atoms with Gasteiger partial charge in [0.25, 0.3) is 0 Å². The Balaban J connectivity index is 1.69. The van der Waals surface area contributed by atoms with Gasteiger partial charge in [-0.2, -0.15) is 0 Å². The number of benzene rings is 1. The van der Waals surface area contributed by atoms with Gasteiger partial charge in [0.15, 0.2) is 11.5 Å². The molecule has 132 valence electrons. The second-order valence-corrected chi connectivity index (χ2v) is 6.27. The minimum absolute atomic E-state index is 0.700. The number of methoxy groups -OCH3 is 1. The molecule has 0 aliphatic carbocycles. The first-order valence-corrected chi connectivity index (χ1v) is 8.86. The van der Waals surface area contributed by atoms with Crippen LogP contribution in [-0.2, 0) is 7.05 Å². The van der Waals surface area contributed by atoms with Crippen molar-refractivity contribution >= 4 is 17.0 Å². The number of nitrogens with one attached hydrogen (secondary N) is 1. The smallest absolute Gasteiger partial charge is 0.203 e. The predicted octanol–water partition coefficient (Wildman–Crippen LogP) is 2.88. The van der Waals surface area contributed by atoms with Crippen molar-refractivity contribution in [2.24, 2.45) is 7.05 Å². The molecule has 2 heterocycles. The van der Waals surface area contributed by atoms with Crippen molar-refractivity contribution in [2.45, 2.75) is 26.2 Å². The average molecular weight is 332 g/mol. The van der Waals surface area contributed by atoms with Crippen molar-refractivity contribution in [2.75, 3.05) is 45.2 Å². The Morgan fingerprint density at radius 2 is 2.00 bits per heavy atom. The number of aryl methyl sites for hydroxylation is 1. The van der Waals surface area contributed by atoms with Gasteiger partial charge in [0.2, 0.25) is 5.95 Å². The molecule has 1 saturated heterocycles. The maximum Gasteiger partial charge on any atom is 0.203 e. The molecular weight excluding hydrogens is 304 g/mol. The van der Waals surface area contributed by atoms with Gasteiger partial charge in [0, 0.05) is 32.3 Å². The Labute approximate surface area is 143 Å². The molecular formula is C18H28N4O2. The standard InChI is InChI=1S/C18H28N4O2/c1-4-19-18-20-14-12-17(16(23-3)13-15(14)21(18)2)24-11-7-10-22-8-5-6-9-22/h12-13H,4-11H2,1-3H3,(H,19,20). The normalized spacial score (nSPS) is 15.1. The first-order valence-electron chi connectivity index (χ1n) is 8.86. The van der Waals surface area contributed by atoms with E-state index >= 15 is 0 Å². The monoisotopic (exact) mass is 332 g/mol. The number of rotatable bonds is 8. The fraction of sp³-hybridized carbons (Fsp3) is 0.611. The van der Waals surface area contributed by atoms with Gasteiger partial charge in [0.1, 0.15) is 0 Å². The molecule has 24 heavy (non-hydrogen) atoms. The van der Waals surface area contributed by atoms with Crippen LogP contribution in [0.5, 0.6) is 11.5 Å². The Hall–Kier alpha value is -1.95. The number of imidazole rings is 1. The van der Waals surface area contributed by atoms with Gasteiger partial charge in [-0.05, 0) is 39.3 Å². The number of aromatic nitrogens is 2. The van der Waals surface area contributed by atoms with Crippen molar-refractivity contribution in [1.82, 2.24) is 14.5 Å². The van der Waals surface area contributed by atoms with Gasteiger partial charge >= 0.3 is 0 Å². The first kappa shape index (κ1) is 16.9. The zero-order valence-corrected chi connectivity index (χ0v) is 15.0. The predicted molar refractivity (Wildman–Crippen MR) is 97.2 cm³/mol. The van der Waals surface area contributed by atoms with Crippen LogP contribution in [0.3, 0.4) is 0 Å². The van der Waals surface area contributed by atoms with E-state index in [0.717, 1.165) is 48.0 Å². The zero-order valence-electron chi connectivity index (χ0n) is 15.0. The molecule has 1 fully saturated rings. The third kappa shape index (κ3) is 3.59. The van der Waals surface area contributed by atoms with Gasteiger partial charge in [-0.1, -0.05) is 0 Å². The molecule has 0 radical (unpaired) electrons. The number of nitrogens with zero attached hydrogens (tertiary/aromatic N) is 3. The van der Waals surface area contributed by atoms with Crippen LogP contribution >= 0.6 is 0 Å². The number of ether oxygens (including phenoxy) is 2. The van der Waals surface area contributed by atoms with Crippen molar-refractivity contribution in [1.29, 1.82) is 0 Å². The van der Waals surface area contributed by atoms with Gasteiger partial charge in [0.05, 0.1) is 24.8 Å². The highest BCUT2D eigenvalue weighted by Gasteiger charge is 2.14. The molecule has 0 bridgehead atoms. The molecule has 2 aromatic rings. The molecule has 0 amide bonds. The maximum absolute atomic E-state index is 5.98. The largest absolute Gasteiger partial charge is 0.493 e. The summed E-state index contributed by atoms with van der Waals surface area (Å²) in [5.74, 6) is 2.39. The lowest BCUT2D eigenvalue weighted by atomic mass is 10.2. The van der Waals surface area contributed by atoms with E-state index in [1.54, 1.807) is 7.11 Å². The highest BCUT2D eigenvalue weighted by atomic mass is 16.5. The minimum Gasteiger partial charge on any atom is -0.493 e. The zero-order chi connectivity index (χ0) is 16.9. The Morgan fingerprint density at radius 3 is 2.71 bits per heavy atom. The van der Waals surface area contributed by atoms with Crippen LogP contribution in [0.4, 0.5) is 5.95 Å². The SMILES string of the molecule is CCNc1nc2cc(OCCCN3CCCC3)c(OC)cc2n1C. The van der Waals surface area contributed by atoms with Crippen LogP contribution in [0, 0.1) is 0 Å². The van der Waals surface area contributed by atoms with E-state index in [2.05, 4.69) is 22.1 Å². The van der Waals surface area contributed by atoms with Gasteiger partial charge in [-0.15, -0.1) is 0 Å². The Bertz CT molecular complexity index is 677. The van der Waals surface area contributed by atoms with Crippen molar-refractivity contribution in [3.8, 4) is 11.5 Å². The van der Waals surface area contributed by atoms with Crippen LogP contribution in [0.1, 0.15) is 26.2 Å². The van der Waals surface area contributed by atoms with E-state index in [-0.39, 0.29) is 0 Å². The van der Waals surface area contributed by atoms with Crippen LogP contribution in [0.2, 0.25) is 0 Å². The number of anilines is 1. The summed E-state index contributed by atoms with van der Waals surface area (Å²) >= 11 is 0.